The van der Waals surface area contributed by atoms with Crippen LogP contribution in [0.5, 0.6) is 5.75 Å². The topological polar surface area (TPSA) is 115 Å². The van der Waals surface area contributed by atoms with Gasteiger partial charge in [-0.05, 0) is 59.3 Å². The van der Waals surface area contributed by atoms with Gasteiger partial charge in [-0.25, -0.2) is 13.4 Å². The van der Waals surface area contributed by atoms with Crippen molar-refractivity contribution < 1.29 is 39.9 Å². The first-order chi connectivity index (χ1) is 18.9. The van der Waals surface area contributed by atoms with Gasteiger partial charge < -0.3 is 15.4 Å². The van der Waals surface area contributed by atoms with E-state index in [4.69, 9.17) is 4.74 Å². The van der Waals surface area contributed by atoms with Crippen LogP contribution in [0.1, 0.15) is 68.9 Å². The summed E-state index contributed by atoms with van der Waals surface area (Å²) >= 11 is 0. The van der Waals surface area contributed by atoms with Gasteiger partial charge in [0.15, 0.2) is 5.69 Å². The van der Waals surface area contributed by atoms with Crippen LogP contribution < -0.4 is 15.4 Å². The van der Waals surface area contributed by atoms with E-state index in [0.717, 1.165) is 6.07 Å². The summed E-state index contributed by atoms with van der Waals surface area (Å²) in [5.74, 6) is -0.797. The van der Waals surface area contributed by atoms with Gasteiger partial charge >= 0.3 is 12.8 Å². The quantitative estimate of drug-likeness (QED) is 0.330. The minimum atomic E-state index is -4.46. The number of rotatable bonds is 11. The zero-order valence-corrected chi connectivity index (χ0v) is 24.4. The van der Waals surface area contributed by atoms with Crippen LogP contribution in [0.3, 0.4) is 0 Å². The number of aromatic nitrogens is 3. The Morgan fingerprint density at radius 2 is 1.83 bits per heavy atom. The van der Waals surface area contributed by atoms with Crippen molar-refractivity contribution in [2.45, 2.75) is 89.9 Å². The number of carbonyl (C=O) groups is 1. The van der Waals surface area contributed by atoms with Crippen molar-refractivity contribution in [3.63, 3.8) is 0 Å². The number of pyridine rings is 1. The van der Waals surface area contributed by atoms with Gasteiger partial charge in [-0.15, -0.1) is 0 Å². The average Bonchev–Trinajstić information content (AvgIpc) is 3.16. The number of alkyl halides is 5. The number of aryl methyl sites for hydroxylation is 1. The minimum absolute atomic E-state index is 0.0724. The normalized spacial score (nSPS) is 18.4. The molecule has 0 radical (unpaired) electrons. The number of hydrogen-bond acceptors (Lipinski definition) is 7. The van der Waals surface area contributed by atoms with Crippen molar-refractivity contribution in [1.82, 2.24) is 20.1 Å². The Bertz CT molecular complexity index is 1340. The molecular weight excluding hydrogens is 573 g/mol. The van der Waals surface area contributed by atoms with Crippen LogP contribution in [0.4, 0.5) is 27.8 Å². The summed E-state index contributed by atoms with van der Waals surface area (Å²) in [6.07, 6.45) is -0.837. The van der Waals surface area contributed by atoms with Crippen molar-refractivity contribution >= 4 is 21.6 Å². The number of ether oxygens (including phenoxy) is 1. The molecule has 2 heterocycles. The maximum absolute atomic E-state index is 13.4. The molecule has 0 atom stereocenters. The molecule has 9 nitrogen and oxygen atoms in total. The summed E-state index contributed by atoms with van der Waals surface area (Å²) in [6.45, 7) is 3.33. The molecule has 0 bridgehead atoms. The van der Waals surface area contributed by atoms with E-state index in [1.165, 1.54) is 31.0 Å². The average molecular weight is 610 g/mol. The molecule has 15 heteroatoms. The molecule has 0 aromatic carbocycles. The summed E-state index contributed by atoms with van der Waals surface area (Å²) in [7, 11) is -3.10. The molecule has 3 rings (SSSR count). The molecule has 1 aliphatic rings. The predicted molar refractivity (Wildman–Crippen MR) is 144 cm³/mol. The molecule has 1 saturated carbocycles. The van der Waals surface area contributed by atoms with E-state index in [-0.39, 0.29) is 40.5 Å². The largest absolute Gasteiger partial charge is 0.434 e. The van der Waals surface area contributed by atoms with Crippen molar-refractivity contribution in [2.75, 3.05) is 18.1 Å². The van der Waals surface area contributed by atoms with E-state index in [1.807, 2.05) is 0 Å². The van der Waals surface area contributed by atoms with Gasteiger partial charge in [0, 0.05) is 42.7 Å². The van der Waals surface area contributed by atoms with E-state index >= 15 is 0 Å². The second-order valence-corrected chi connectivity index (χ2v) is 13.4. The van der Waals surface area contributed by atoms with Gasteiger partial charge in [-0.2, -0.15) is 27.1 Å². The SMILES string of the molecule is CCn1nc(C(=O)NCC2CCC(S(C)(=O)=O)CC2)c(C)c1-c1cnc(NC(C)(C)CC(F)(F)F)cc1OC(F)F. The molecule has 230 valence electrons. The van der Waals surface area contributed by atoms with E-state index in [0.29, 0.717) is 43.5 Å². The van der Waals surface area contributed by atoms with Crippen molar-refractivity contribution in [3.8, 4) is 17.0 Å². The third-order valence-corrected chi connectivity index (χ3v) is 8.78. The Kier molecular flexibility index (Phi) is 9.92. The number of amides is 1. The van der Waals surface area contributed by atoms with E-state index in [2.05, 4.69) is 20.7 Å². The van der Waals surface area contributed by atoms with Crippen LogP contribution in [0.15, 0.2) is 12.3 Å². The fourth-order valence-corrected chi connectivity index (χ4v) is 6.32. The van der Waals surface area contributed by atoms with Crippen LogP contribution in [-0.4, -0.2) is 65.5 Å². The van der Waals surface area contributed by atoms with Crippen molar-refractivity contribution in [2.24, 2.45) is 5.92 Å². The Balaban J connectivity index is 1.84. The van der Waals surface area contributed by atoms with E-state index in [1.54, 1.807) is 13.8 Å². The maximum Gasteiger partial charge on any atom is 0.391 e. The smallest absolute Gasteiger partial charge is 0.391 e. The number of sulfone groups is 1. The molecule has 2 aromatic heterocycles. The number of nitrogens with zero attached hydrogens (tertiary/aromatic N) is 3. The highest BCUT2D eigenvalue weighted by Crippen LogP contribution is 2.37. The van der Waals surface area contributed by atoms with E-state index < -0.39 is 40.5 Å². The lowest BCUT2D eigenvalue weighted by molar-refractivity contribution is -0.142. The molecule has 0 aliphatic heterocycles. The molecule has 0 spiro atoms. The Morgan fingerprint density at radius 1 is 1.20 bits per heavy atom. The molecule has 41 heavy (non-hydrogen) atoms. The molecule has 1 fully saturated rings. The Morgan fingerprint density at radius 3 is 2.37 bits per heavy atom. The predicted octanol–water partition coefficient (Wildman–Crippen LogP) is 5.35. The molecule has 1 amide bonds. The van der Waals surface area contributed by atoms with Gasteiger partial charge in [-0.1, -0.05) is 0 Å². The fraction of sp³-hybridized carbons (Fsp3) is 0.654. The molecule has 0 saturated heterocycles. The molecule has 2 aromatic rings. The number of carbonyl (C=O) groups excluding carboxylic acids is 1. The van der Waals surface area contributed by atoms with Crippen molar-refractivity contribution in [3.05, 3.63) is 23.5 Å². The van der Waals surface area contributed by atoms with Crippen LogP contribution >= 0.6 is 0 Å². The highest BCUT2D eigenvalue weighted by atomic mass is 32.2. The summed E-state index contributed by atoms with van der Waals surface area (Å²) in [5.41, 5.74) is -0.636. The van der Waals surface area contributed by atoms with Gasteiger partial charge in [0.2, 0.25) is 0 Å². The molecule has 2 N–H and O–H groups in total. The Labute approximate surface area is 236 Å². The monoisotopic (exact) mass is 609 g/mol. The van der Waals surface area contributed by atoms with Gasteiger partial charge in [0.1, 0.15) is 21.4 Å². The van der Waals surface area contributed by atoms with Crippen LogP contribution in [0, 0.1) is 12.8 Å². The zero-order chi connectivity index (χ0) is 30.8. The van der Waals surface area contributed by atoms with Gasteiger partial charge in [-0.3, -0.25) is 9.48 Å². The zero-order valence-electron chi connectivity index (χ0n) is 23.6. The lowest BCUT2D eigenvalue weighted by Crippen LogP contribution is -2.36. The standard InChI is InChI=1S/C26H36F5N5O4S/c1-6-36-22(15(2)21(35-36)23(37)33-12-16-7-9-17(10-8-16)41(5,38)39)18-13-32-20(11-19(18)40-24(27)28)34-25(3,4)14-26(29,30)31/h11,13,16-17,24H,6-10,12,14H2,1-5H3,(H,32,34)(H,33,37). The first-order valence-corrected chi connectivity index (χ1v) is 15.2. The van der Waals surface area contributed by atoms with Crippen LogP contribution in [-0.2, 0) is 16.4 Å². The summed E-state index contributed by atoms with van der Waals surface area (Å²) in [4.78, 5) is 17.2. The lowest BCUT2D eigenvalue weighted by atomic mass is 9.89. The van der Waals surface area contributed by atoms with Gasteiger partial charge in [0.05, 0.1) is 22.9 Å². The second-order valence-electron chi connectivity index (χ2n) is 11.1. The van der Waals surface area contributed by atoms with Crippen LogP contribution in [0.2, 0.25) is 0 Å². The number of nitrogens with one attached hydrogen (secondary N) is 2. The van der Waals surface area contributed by atoms with Crippen molar-refractivity contribution in [1.29, 1.82) is 0 Å². The number of hydrogen-bond donors (Lipinski definition) is 2. The molecular formula is C26H36F5N5O4S. The maximum atomic E-state index is 13.4. The first kappa shape index (κ1) is 32.5. The molecule has 0 unspecified atom stereocenters. The van der Waals surface area contributed by atoms with E-state index in [9.17, 15) is 35.2 Å². The Hall–Kier alpha value is -2.97. The summed E-state index contributed by atoms with van der Waals surface area (Å²) < 4.78 is 95.3. The highest BCUT2D eigenvalue weighted by molar-refractivity contribution is 7.91. The minimum Gasteiger partial charge on any atom is -0.434 e. The highest BCUT2D eigenvalue weighted by Gasteiger charge is 2.37. The lowest BCUT2D eigenvalue weighted by Gasteiger charge is -2.28. The first-order valence-electron chi connectivity index (χ1n) is 13.2. The summed E-state index contributed by atoms with van der Waals surface area (Å²) in [6, 6.07) is 1.10. The number of halogens is 5. The third kappa shape index (κ3) is 8.76. The second kappa shape index (κ2) is 12.5. The number of anilines is 1. The van der Waals surface area contributed by atoms with Gasteiger partial charge in [0.25, 0.3) is 5.91 Å². The third-order valence-electron chi connectivity index (χ3n) is 7.10. The molecule has 1 aliphatic carbocycles. The van der Waals surface area contributed by atoms with Crippen LogP contribution in [0.25, 0.3) is 11.3 Å². The fourth-order valence-electron chi connectivity index (χ4n) is 5.19. The summed E-state index contributed by atoms with van der Waals surface area (Å²) in [5, 5.41) is 9.47.